The van der Waals surface area contributed by atoms with Crippen LogP contribution in [0.4, 0.5) is 5.69 Å². The number of benzene rings is 1. The number of aliphatic hydroxyl groups is 1. The van der Waals surface area contributed by atoms with E-state index in [1.807, 2.05) is 4.90 Å². The van der Waals surface area contributed by atoms with Crippen LogP contribution in [-0.2, 0) is 4.79 Å². The summed E-state index contributed by atoms with van der Waals surface area (Å²) in [6.07, 6.45) is 2.52. The second-order valence-electron chi connectivity index (χ2n) is 6.67. The average Bonchev–Trinajstić information content (AvgIpc) is 2.60. The van der Waals surface area contributed by atoms with Crippen molar-refractivity contribution in [3.8, 4) is 0 Å². The van der Waals surface area contributed by atoms with E-state index in [0.29, 0.717) is 6.54 Å². The maximum absolute atomic E-state index is 11.9. The molecule has 1 amide bonds. The monoisotopic (exact) mass is 345 g/mol. The molecule has 1 atom stereocenters. The zero-order valence-corrected chi connectivity index (χ0v) is 15.6. The first-order valence-electron chi connectivity index (χ1n) is 9.20. The molecule has 0 aliphatic carbocycles. The van der Waals surface area contributed by atoms with Crippen molar-refractivity contribution in [1.82, 2.24) is 10.2 Å². The summed E-state index contributed by atoms with van der Waals surface area (Å²) in [5.74, 6) is 0.123. The Hall–Kier alpha value is -2.01. The van der Waals surface area contributed by atoms with Crippen molar-refractivity contribution in [3.05, 3.63) is 41.1 Å². The third-order valence-corrected chi connectivity index (χ3v) is 4.69. The third kappa shape index (κ3) is 5.49. The predicted octanol–water partition coefficient (Wildman–Crippen LogP) is 2.66. The molecular formula is C20H31N3O2. The van der Waals surface area contributed by atoms with E-state index in [0.717, 1.165) is 38.0 Å². The zero-order valence-electron chi connectivity index (χ0n) is 15.6. The highest BCUT2D eigenvalue weighted by Crippen LogP contribution is 2.24. The van der Waals surface area contributed by atoms with Crippen LogP contribution in [0.1, 0.15) is 38.7 Å². The SMILES string of the molecule is CCC(Nc1cccc(C)c1)C1=C(NCCCO)CCN(C(C)=O)C1. The van der Waals surface area contributed by atoms with Gasteiger partial charge in [-0.2, -0.15) is 0 Å². The van der Waals surface area contributed by atoms with Crippen LogP contribution in [0.3, 0.4) is 0 Å². The Morgan fingerprint density at radius 1 is 1.40 bits per heavy atom. The minimum Gasteiger partial charge on any atom is -0.396 e. The topological polar surface area (TPSA) is 64.6 Å². The average molecular weight is 345 g/mol. The number of hydrogen-bond acceptors (Lipinski definition) is 4. The molecule has 1 aromatic rings. The molecule has 25 heavy (non-hydrogen) atoms. The van der Waals surface area contributed by atoms with E-state index < -0.39 is 0 Å². The van der Waals surface area contributed by atoms with E-state index in [-0.39, 0.29) is 18.6 Å². The smallest absolute Gasteiger partial charge is 0.219 e. The molecule has 0 saturated heterocycles. The van der Waals surface area contributed by atoms with Crippen molar-refractivity contribution in [3.63, 3.8) is 0 Å². The van der Waals surface area contributed by atoms with E-state index >= 15 is 0 Å². The van der Waals surface area contributed by atoms with Gasteiger partial charge in [0, 0.05) is 51.0 Å². The van der Waals surface area contributed by atoms with Crippen LogP contribution < -0.4 is 10.6 Å². The molecule has 1 aromatic carbocycles. The maximum Gasteiger partial charge on any atom is 0.219 e. The van der Waals surface area contributed by atoms with Gasteiger partial charge in [0.2, 0.25) is 5.91 Å². The molecule has 1 aliphatic rings. The Labute approximate surface area is 151 Å². The number of carbonyl (C=O) groups is 1. The van der Waals surface area contributed by atoms with Gasteiger partial charge in [-0.15, -0.1) is 0 Å². The van der Waals surface area contributed by atoms with Gasteiger partial charge in [-0.05, 0) is 43.0 Å². The lowest BCUT2D eigenvalue weighted by Crippen LogP contribution is -2.42. The summed E-state index contributed by atoms with van der Waals surface area (Å²) in [7, 11) is 0. The van der Waals surface area contributed by atoms with E-state index in [2.05, 4.69) is 48.7 Å². The second kappa shape index (κ2) is 9.47. The molecule has 1 unspecified atom stereocenters. The summed E-state index contributed by atoms with van der Waals surface area (Å²) >= 11 is 0. The maximum atomic E-state index is 11.9. The Morgan fingerprint density at radius 2 is 2.20 bits per heavy atom. The van der Waals surface area contributed by atoms with Crippen molar-refractivity contribution in [1.29, 1.82) is 0 Å². The molecule has 0 fully saturated rings. The minimum atomic E-state index is 0.123. The highest BCUT2D eigenvalue weighted by atomic mass is 16.3. The standard InChI is InChI=1S/C20H31N3O2/c1-4-19(22-17-8-5-7-15(2)13-17)18-14-23(16(3)25)11-9-20(18)21-10-6-12-24/h5,7-8,13,19,21-22,24H,4,6,9-12,14H2,1-3H3. The minimum absolute atomic E-state index is 0.123. The molecule has 138 valence electrons. The summed E-state index contributed by atoms with van der Waals surface area (Å²) < 4.78 is 0. The van der Waals surface area contributed by atoms with Gasteiger partial charge in [-0.25, -0.2) is 0 Å². The summed E-state index contributed by atoms with van der Waals surface area (Å²) in [5.41, 5.74) is 4.81. The summed E-state index contributed by atoms with van der Waals surface area (Å²) in [6, 6.07) is 8.56. The molecule has 2 rings (SSSR count). The number of nitrogens with zero attached hydrogens (tertiary/aromatic N) is 1. The van der Waals surface area contributed by atoms with Crippen molar-refractivity contribution < 1.29 is 9.90 Å². The molecular weight excluding hydrogens is 314 g/mol. The quantitative estimate of drug-likeness (QED) is 0.634. The van der Waals surface area contributed by atoms with Crippen LogP contribution in [0, 0.1) is 6.92 Å². The lowest BCUT2D eigenvalue weighted by Gasteiger charge is -2.35. The first-order valence-corrected chi connectivity index (χ1v) is 9.20. The fourth-order valence-electron chi connectivity index (χ4n) is 3.27. The van der Waals surface area contributed by atoms with Crippen LogP contribution in [0.25, 0.3) is 0 Å². The number of hydrogen-bond donors (Lipinski definition) is 3. The van der Waals surface area contributed by atoms with Crippen LogP contribution in [0.15, 0.2) is 35.5 Å². The number of nitrogens with one attached hydrogen (secondary N) is 2. The molecule has 1 aliphatic heterocycles. The second-order valence-corrected chi connectivity index (χ2v) is 6.67. The van der Waals surface area contributed by atoms with Gasteiger partial charge in [-0.1, -0.05) is 19.1 Å². The number of amides is 1. The molecule has 0 aromatic heterocycles. The lowest BCUT2D eigenvalue weighted by atomic mass is 9.96. The molecule has 0 saturated carbocycles. The van der Waals surface area contributed by atoms with Crippen LogP contribution in [0.2, 0.25) is 0 Å². The number of aryl methyl sites for hydroxylation is 1. The molecule has 5 heteroatoms. The number of aliphatic hydroxyl groups excluding tert-OH is 1. The predicted molar refractivity (Wildman–Crippen MR) is 102 cm³/mol. The van der Waals surface area contributed by atoms with Gasteiger partial charge in [0.05, 0.1) is 6.04 Å². The van der Waals surface area contributed by atoms with Crippen molar-refractivity contribution in [2.24, 2.45) is 0 Å². The van der Waals surface area contributed by atoms with E-state index in [1.54, 1.807) is 6.92 Å². The van der Waals surface area contributed by atoms with E-state index in [4.69, 9.17) is 5.11 Å². The summed E-state index contributed by atoms with van der Waals surface area (Å²) in [5, 5.41) is 16.2. The zero-order chi connectivity index (χ0) is 18.2. The van der Waals surface area contributed by atoms with Gasteiger partial charge in [-0.3, -0.25) is 4.79 Å². The first kappa shape index (κ1) is 19.3. The van der Waals surface area contributed by atoms with Crippen LogP contribution in [0.5, 0.6) is 0 Å². The molecule has 5 nitrogen and oxygen atoms in total. The molecule has 1 heterocycles. The summed E-state index contributed by atoms with van der Waals surface area (Å²) in [6.45, 7) is 8.25. The molecule has 3 N–H and O–H groups in total. The van der Waals surface area contributed by atoms with Gasteiger partial charge < -0.3 is 20.6 Å². The molecule has 0 radical (unpaired) electrons. The van der Waals surface area contributed by atoms with E-state index in [1.165, 1.54) is 16.8 Å². The number of rotatable bonds is 8. The van der Waals surface area contributed by atoms with E-state index in [9.17, 15) is 4.79 Å². The fourth-order valence-corrected chi connectivity index (χ4v) is 3.27. The number of carbonyl (C=O) groups excluding carboxylic acids is 1. The van der Waals surface area contributed by atoms with Gasteiger partial charge in [0.25, 0.3) is 0 Å². The molecule has 0 bridgehead atoms. The highest BCUT2D eigenvalue weighted by molar-refractivity contribution is 5.74. The third-order valence-electron chi connectivity index (χ3n) is 4.69. The Balaban J connectivity index is 2.22. The molecule has 0 spiro atoms. The van der Waals surface area contributed by atoms with Gasteiger partial charge >= 0.3 is 0 Å². The van der Waals surface area contributed by atoms with Gasteiger partial charge in [0.15, 0.2) is 0 Å². The lowest BCUT2D eigenvalue weighted by molar-refractivity contribution is -0.128. The summed E-state index contributed by atoms with van der Waals surface area (Å²) in [4.78, 5) is 13.8. The normalized spacial score (nSPS) is 15.9. The fraction of sp³-hybridized carbons (Fsp3) is 0.550. The van der Waals surface area contributed by atoms with Gasteiger partial charge in [0.1, 0.15) is 0 Å². The van der Waals surface area contributed by atoms with Crippen molar-refractivity contribution in [2.45, 2.75) is 46.1 Å². The first-order chi connectivity index (χ1) is 12.0. The largest absolute Gasteiger partial charge is 0.396 e. The Bertz CT molecular complexity index is 613. The van der Waals surface area contributed by atoms with Crippen molar-refractivity contribution >= 4 is 11.6 Å². The Morgan fingerprint density at radius 3 is 2.84 bits per heavy atom. The van der Waals surface area contributed by atoms with Crippen LogP contribution >= 0.6 is 0 Å². The number of anilines is 1. The van der Waals surface area contributed by atoms with Crippen LogP contribution in [-0.4, -0.2) is 48.2 Å². The van der Waals surface area contributed by atoms with Crippen molar-refractivity contribution in [2.75, 3.05) is 31.6 Å². The highest BCUT2D eigenvalue weighted by Gasteiger charge is 2.25. The Kier molecular flexibility index (Phi) is 7.31.